The molecule has 7 nitrogen and oxygen atoms in total. The third-order valence-electron chi connectivity index (χ3n) is 6.19. The first-order valence-corrected chi connectivity index (χ1v) is 11.9. The van der Waals surface area contributed by atoms with Crippen LogP contribution in [0.1, 0.15) is 73.1 Å². The van der Waals surface area contributed by atoms with E-state index in [1.165, 1.54) is 17.2 Å². The van der Waals surface area contributed by atoms with Crippen molar-refractivity contribution in [1.82, 2.24) is 0 Å². The second-order valence-electron chi connectivity index (χ2n) is 8.93. The van der Waals surface area contributed by atoms with Crippen molar-refractivity contribution >= 4 is 21.6 Å². The van der Waals surface area contributed by atoms with Gasteiger partial charge in [-0.05, 0) is 81.0 Å². The molecule has 2 atom stereocenters. The second kappa shape index (κ2) is 7.21. The number of furan rings is 1. The van der Waals surface area contributed by atoms with Crippen LogP contribution in [0, 0.1) is 6.92 Å². The van der Waals surface area contributed by atoms with Crippen LogP contribution in [-0.4, -0.2) is 15.3 Å². The van der Waals surface area contributed by atoms with Crippen LogP contribution in [0.4, 0.5) is 10.5 Å². The van der Waals surface area contributed by atoms with Crippen molar-refractivity contribution in [1.29, 1.82) is 0 Å². The summed E-state index contributed by atoms with van der Waals surface area (Å²) in [7, 11) is -3.60. The highest BCUT2D eigenvalue weighted by atomic mass is 32.2. The van der Waals surface area contributed by atoms with E-state index in [2.05, 4.69) is 22.7 Å². The summed E-state index contributed by atoms with van der Waals surface area (Å²) in [5, 5.41) is 18.9. The van der Waals surface area contributed by atoms with Gasteiger partial charge in [-0.3, -0.25) is 0 Å². The largest absolute Gasteiger partial charge is 0.450 e. The zero-order valence-corrected chi connectivity index (χ0v) is 18.7. The standard InChI is InChI=1S/C22H29N3O4S/c1-12-8-9-16-17(12)10-14-6-5-7-15(14)20(16)24-21(26)25-30(23,28)19-11-18(13(2)29-19)22(3,4)27/h10-12,27H,5-9H2,1-4H3,(H3,23,24,25,26,28)/t12?,30-/m1/s1. The number of fused-ring (bicyclic) bond motifs is 2. The van der Waals surface area contributed by atoms with E-state index >= 15 is 0 Å². The molecule has 162 valence electrons. The zero-order valence-electron chi connectivity index (χ0n) is 17.9. The Morgan fingerprint density at radius 3 is 2.70 bits per heavy atom. The highest BCUT2D eigenvalue weighted by molar-refractivity contribution is 7.91. The molecule has 1 heterocycles. The smallest absolute Gasteiger partial charge is 0.354 e. The van der Waals surface area contributed by atoms with Gasteiger partial charge in [-0.2, -0.15) is 0 Å². The Balaban J connectivity index is 1.68. The lowest BCUT2D eigenvalue weighted by Gasteiger charge is -2.16. The molecule has 4 N–H and O–H groups in total. The van der Waals surface area contributed by atoms with E-state index in [4.69, 9.17) is 9.56 Å². The van der Waals surface area contributed by atoms with E-state index in [9.17, 15) is 14.1 Å². The molecule has 1 unspecified atom stereocenters. The fourth-order valence-corrected chi connectivity index (χ4v) is 5.61. The summed E-state index contributed by atoms with van der Waals surface area (Å²) in [6.45, 7) is 7.03. The first-order chi connectivity index (χ1) is 14.0. The molecule has 0 fully saturated rings. The van der Waals surface area contributed by atoms with Gasteiger partial charge in [0.1, 0.15) is 5.76 Å². The van der Waals surface area contributed by atoms with Crippen molar-refractivity contribution < 1.29 is 18.5 Å². The Hall–Kier alpha value is -2.16. The molecule has 2 amide bonds. The molecule has 0 aliphatic heterocycles. The molecule has 2 aromatic rings. The SMILES string of the molecule is Cc1oc([S@](N)(=O)=NC(=O)Nc2c3c(cc4c2CCC4C)CCC3)cc1C(C)(C)O. The summed E-state index contributed by atoms with van der Waals surface area (Å²) >= 11 is 0. The van der Waals surface area contributed by atoms with Crippen molar-refractivity contribution in [2.24, 2.45) is 9.50 Å². The number of anilines is 1. The van der Waals surface area contributed by atoms with E-state index in [0.29, 0.717) is 17.2 Å². The van der Waals surface area contributed by atoms with Gasteiger partial charge in [0.25, 0.3) is 0 Å². The molecule has 0 saturated carbocycles. The first kappa shape index (κ1) is 21.1. The van der Waals surface area contributed by atoms with Gasteiger partial charge in [0.2, 0.25) is 5.09 Å². The molecule has 1 aromatic heterocycles. The van der Waals surface area contributed by atoms with E-state index in [-0.39, 0.29) is 5.09 Å². The molecule has 0 bridgehead atoms. The van der Waals surface area contributed by atoms with Gasteiger partial charge in [-0.1, -0.05) is 13.0 Å². The summed E-state index contributed by atoms with van der Waals surface area (Å²) < 4.78 is 22.2. The number of aryl methyl sites for hydroxylation is 2. The maximum absolute atomic E-state index is 13.0. The minimum Gasteiger partial charge on any atom is -0.450 e. The monoisotopic (exact) mass is 431 g/mol. The molecule has 4 rings (SSSR count). The molecule has 0 saturated heterocycles. The van der Waals surface area contributed by atoms with Gasteiger partial charge in [-0.15, -0.1) is 4.36 Å². The van der Waals surface area contributed by atoms with Crippen molar-refractivity contribution in [2.45, 2.75) is 76.4 Å². The molecular formula is C22H29N3O4S. The average molecular weight is 432 g/mol. The summed E-state index contributed by atoms with van der Waals surface area (Å²) in [6.07, 6.45) is 4.94. The van der Waals surface area contributed by atoms with Crippen LogP contribution in [0.2, 0.25) is 0 Å². The highest BCUT2D eigenvalue weighted by Gasteiger charge is 2.29. The number of carbonyl (C=O) groups is 1. The van der Waals surface area contributed by atoms with Crippen LogP contribution in [0.5, 0.6) is 0 Å². The Morgan fingerprint density at radius 2 is 2.03 bits per heavy atom. The Bertz CT molecular complexity index is 1150. The number of carbonyl (C=O) groups excluding carboxylic acids is 1. The topological polar surface area (TPSA) is 118 Å². The number of nitrogens with zero attached hydrogens (tertiary/aromatic N) is 1. The van der Waals surface area contributed by atoms with E-state index in [0.717, 1.165) is 48.9 Å². The minimum atomic E-state index is -3.60. The summed E-state index contributed by atoms with van der Waals surface area (Å²) in [6, 6.07) is 2.95. The third-order valence-corrected chi connectivity index (χ3v) is 7.41. The minimum absolute atomic E-state index is 0.121. The first-order valence-electron chi connectivity index (χ1n) is 10.3. The van der Waals surface area contributed by atoms with Gasteiger partial charge in [0, 0.05) is 17.3 Å². The van der Waals surface area contributed by atoms with E-state index in [1.54, 1.807) is 20.8 Å². The molecule has 30 heavy (non-hydrogen) atoms. The Labute approximate surface area is 177 Å². The second-order valence-corrected chi connectivity index (χ2v) is 10.7. The summed E-state index contributed by atoms with van der Waals surface area (Å²) in [5.74, 6) is 0.850. The van der Waals surface area contributed by atoms with Gasteiger partial charge >= 0.3 is 6.03 Å². The molecule has 0 spiro atoms. The van der Waals surface area contributed by atoms with Gasteiger partial charge < -0.3 is 14.8 Å². The van der Waals surface area contributed by atoms with Crippen molar-refractivity contribution in [2.75, 3.05) is 5.32 Å². The number of amides is 2. The Kier molecular flexibility index (Phi) is 5.07. The summed E-state index contributed by atoms with van der Waals surface area (Å²) in [5.41, 5.74) is 4.98. The quantitative estimate of drug-likeness (QED) is 0.672. The normalized spacial score (nSPS) is 19.9. The lowest BCUT2D eigenvalue weighted by Crippen LogP contribution is -2.19. The number of urea groups is 1. The number of benzene rings is 1. The number of hydrogen-bond acceptors (Lipinski definition) is 4. The van der Waals surface area contributed by atoms with Crippen LogP contribution >= 0.6 is 0 Å². The predicted molar refractivity (Wildman–Crippen MR) is 116 cm³/mol. The van der Waals surface area contributed by atoms with Gasteiger partial charge in [0.05, 0.1) is 5.60 Å². The number of hydrogen-bond donors (Lipinski definition) is 3. The van der Waals surface area contributed by atoms with Crippen molar-refractivity contribution in [3.63, 3.8) is 0 Å². The lowest BCUT2D eigenvalue weighted by molar-refractivity contribution is 0.0769. The van der Waals surface area contributed by atoms with Crippen molar-refractivity contribution in [3.8, 4) is 0 Å². The molecule has 2 aliphatic rings. The maximum atomic E-state index is 13.0. The van der Waals surface area contributed by atoms with Crippen molar-refractivity contribution in [3.05, 3.63) is 45.7 Å². The predicted octanol–water partition coefficient (Wildman–Crippen LogP) is 4.29. The zero-order chi connectivity index (χ0) is 21.8. The summed E-state index contributed by atoms with van der Waals surface area (Å²) in [4.78, 5) is 12.7. The van der Waals surface area contributed by atoms with Gasteiger partial charge in [0.15, 0.2) is 9.92 Å². The highest BCUT2D eigenvalue weighted by Crippen LogP contribution is 2.43. The lowest BCUT2D eigenvalue weighted by atomic mass is 9.96. The van der Waals surface area contributed by atoms with E-state index in [1.807, 2.05) is 0 Å². The molecule has 0 radical (unpaired) electrons. The number of aliphatic hydroxyl groups is 1. The van der Waals surface area contributed by atoms with Crippen LogP contribution < -0.4 is 10.5 Å². The third kappa shape index (κ3) is 3.68. The van der Waals surface area contributed by atoms with Crippen LogP contribution in [0.3, 0.4) is 0 Å². The fourth-order valence-electron chi connectivity index (χ4n) is 4.69. The van der Waals surface area contributed by atoms with Crippen LogP contribution in [-0.2, 0) is 34.8 Å². The number of nitrogens with two attached hydrogens (primary N) is 1. The molecule has 2 aliphatic carbocycles. The van der Waals surface area contributed by atoms with Gasteiger partial charge in [-0.25, -0.2) is 14.1 Å². The van der Waals surface area contributed by atoms with Crippen LogP contribution in [0.25, 0.3) is 0 Å². The molecular weight excluding hydrogens is 402 g/mol. The molecule has 1 aromatic carbocycles. The molecule has 8 heteroatoms. The average Bonchev–Trinajstić information content (AvgIpc) is 3.33. The maximum Gasteiger partial charge on any atom is 0.354 e. The number of rotatable bonds is 3. The number of nitrogens with one attached hydrogen (secondary N) is 1. The van der Waals surface area contributed by atoms with Crippen LogP contribution in [0.15, 0.2) is 26.0 Å². The van der Waals surface area contributed by atoms with E-state index < -0.39 is 21.5 Å². The Morgan fingerprint density at radius 1 is 1.30 bits per heavy atom. The fraction of sp³-hybridized carbons (Fsp3) is 0.500.